The highest BCUT2D eigenvalue weighted by Gasteiger charge is 2.47. The molecule has 8 nitrogen and oxygen atoms in total. The van der Waals surface area contributed by atoms with Crippen molar-refractivity contribution in [3.63, 3.8) is 0 Å². The minimum absolute atomic E-state index is 0.194. The number of phenols is 1. The van der Waals surface area contributed by atoms with Gasteiger partial charge >= 0.3 is 11.9 Å². The highest BCUT2D eigenvalue weighted by Crippen LogP contribution is 2.35. The number of halogens is 1. The predicted molar refractivity (Wildman–Crippen MR) is 79.9 cm³/mol. The summed E-state index contributed by atoms with van der Waals surface area (Å²) in [6.07, 6.45) is -6.56. The standard InChI is InChI=1S/C16H19FO8/c1-7(18)23-6-12-16(24-8(2)19)14(22)13(21)15(25-12)9-3-4-10(17)11(20)5-9/h3-5,12-16,20-22H,6H2,1-2H3/t12-,13+,14-,15-,16-/m1/s1. The third-order valence-electron chi connectivity index (χ3n) is 3.74. The summed E-state index contributed by atoms with van der Waals surface area (Å²) in [6.45, 7) is 1.96. The molecule has 9 heteroatoms. The van der Waals surface area contributed by atoms with Crippen LogP contribution in [0.25, 0.3) is 0 Å². The number of hydrogen-bond acceptors (Lipinski definition) is 8. The number of ether oxygens (including phenoxy) is 3. The van der Waals surface area contributed by atoms with E-state index in [1.54, 1.807) is 0 Å². The Balaban J connectivity index is 2.28. The van der Waals surface area contributed by atoms with Crippen molar-refractivity contribution in [2.45, 2.75) is 44.4 Å². The molecule has 3 N–H and O–H groups in total. The average molecular weight is 358 g/mol. The van der Waals surface area contributed by atoms with E-state index in [2.05, 4.69) is 0 Å². The lowest BCUT2D eigenvalue weighted by molar-refractivity contribution is -0.242. The smallest absolute Gasteiger partial charge is 0.303 e. The van der Waals surface area contributed by atoms with Gasteiger partial charge < -0.3 is 29.5 Å². The van der Waals surface area contributed by atoms with Crippen LogP contribution in [0.15, 0.2) is 18.2 Å². The Labute approximate surface area is 142 Å². The van der Waals surface area contributed by atoms with Crippen LogP contribution >= 0.6 is 0 Å². The zero-order valence-electron chi connectivity index (χ0n) is 13.6. The minimum atomic E-state index is -1.55. The third kappa shape index (κ3) is 4.44. The van der Waals surface area contributed by atoms with Crippen molar-refractivity contribution in [1.82, 2.24) is 0 Å². The summed E-state index contributed by atoms with van der Waals surface area (Å²) >= 11 is 0. The molecule has 0 amide bonds. The van der Waals surface area contributed by atoms with E-state index in [0.717, 1.165) is 19.1 Å². The summed E-state index contributed by atoms with van der Waals surface area (Å²) in [6, 6.07) is 3.29. The number of esters is 2. The molecule has 25 heavy (non-hydrogen) atoms. The topological polar surface area (TPSA) is 123 Å². The lowest BCUT2D eigenvalue weighted by atomic mass is 9.91. The highest BCUT2D eigenvalue weighted by atomic mass is 19.1. The van der Waals surface area contributed by atoms with E-state index in [4.69, 9.17) is 14.2 Å². The number of carbonyl (C=O) groups is 2. The molecule has 0 spiro atoms. The second-order valence-electron chi connectivity index (χ2n) is 5.66. The second-order valence-corrected chi connectivity index (χ2v) is 5.66. The van der Waals surface area contributed by atoms with Gasteiger partial charge in [0.1, 0.15) is 31.0 Å². The number of aliphatic hydroxyl groups is 2. The first-order chi connectivity index (χ1) is 11.7. The Hall–Kier alpha value is -2.23. The van der Waals surface area contributed by atoms with Gasteiger partial charge in [-0.3, -0.25) is 9.59 Å². The van der Waals surface area contributed by atoms with Crippen LogP contribution in [0.3, 0.4) is 0 Å². The van der Waals surface area contributed by atoms with Gasteiger partial charge in [-0.05, 0) is 17.7 Å². The van der Waals surface area contributed by atoms with Crippen molar-refractivity contribution in [3.8, 4) is 5.75 Å². The van der Waals surface area contributed by atoms with Gasteiger partial charge in [0.25, 0.3) is 0 Å². The van der Waals surface area contributed by atoms with Crippen molar-refractivity contribution < 1.29 is 43.5 Å². The summed E-state index contributed by atoms with van der Waals surface area (Å²) in [5.41, 5.74) is 0.194. The molecule has 1 aromatic carbocycles. The Morgan fingerprint density at radius 1 is 1.20 bits per heavy atom. The van der Waals surface area contributed by atoms with Gasteiger partial charge in [-0.2, -0.15) is 0 Å². The molecule has 0 bridgehead atoms. The Morgan fingerprint density at radius 3 is 2.44 bits per heavy atom. The number of aromatic hydroxyl groups is 1. The van der Waals surface area contributed by atoms with Crippen LogP contribution < -0.4 is 0 Å². The molecule has 0 radical (unpaired) electrons. The summed E-state index contributed by atoms with van der Waals surface area (Å²) in [5.74, 6) is -2.84. The Bertz CT molecular complexity index is 649. The summed E-state index contributed by atoms with van der Waals surface area (Å²) < 4.78 is 28.6. The number of phenolic OH excluding ortho intramolecular Hbond substituents is 1. The Kier molecular flexibility index (Phi) is 5.93. The first-order valence-electron chi connectivity index (χ1n) is 7.51. The van der Waals surface area contributed by atoms with E-state index in [0.29, 0.717) is 0 Å². The van der Waals surface area contributed by atoms with Gasteiger partial charge in [0.05, 0.1) is 0 Å². The zero-order chi connectivity index (χ0) is 18.7. The molecule has 1 aliphatic rings. The van der Waals surface area contributed by atoms with Crippen LogP contribution in [0.2, 0.25) is 0 Å². The van der Waals surface area contributed by atoms with Crippen LogP contribution in [-0.4, -0.2) is 58.3 Å². The van der Waals surface area contributed by atoms with Crippen LogP contribution in [0.1, 0.15) is 25.5 Å². The fourth-order valence-corrected chi connectivity index (χ4v) is 2.59. The van der Waals surface area contributed by atoms with Crippen LogP contribution in [0.5, 0.6) is 5.75 Å². The van der Waals surface area contributed by atoms with Gasteiger partial charge in [-0.15, -0.1) is 0 Å². The van der Waals surface area contributed by atoms with Gasteiger partial charge in [0.2, 0.25) is 0 Å². The number of hydrogen-bond donors (Lipinski definition) is 3. The maximum Gasteiger partial charge on any atom is 0.303 e. The molecule has 1 aliphatic heterocycles. The van der Waals surface area contributed by atoms with Gasteiger partial charge in [0, 0.05) is 13.8 Å². The van der Waals surface area contributed by atoms with E-state index in [9.17, 15) is 29.3 Å². The maximum absolute atomic E-state index is 13.2. The van der Waals surface area contributed by atoms with E-state index in [1.165, 1.54) is 13.0 Å². The predicted octanol–water partition coefficient (Wildman–Crippen LogP) is 0.188. The van der Waals surface area contributed by atoms with E-state index in [-0.39, 0.29) is 12.2 Å². The highest BCUT2D eigenvalue weighted by molar-refractivity contribution is 5.66. The molecule has 0 unspecified atom stereocenters. The van der Waals surface area contributed by atoms with Crippen LogP contribution in [0.4, 0.5) is 4.39 Å². The van der Waals surface area contributed by atoms with Crippen molar-refractivity contribution in [2.75, 3.05) is 6.61 Å². The normalized spacial score (nSPS) is 29.1. The molecule has 2 rings (SSSR count). The molecule has 1 fully saturated rings. The summed E-state index contributed by atoms with van der Waals surface area (Å²) in [5, 5.41) is 30.1. The lowest BCUT2D eigenvalue weighted by Crippen LogP contribution is -2.57. The van der Waals surface area contributed by atoms with Crippen molar-refractivity contribution >= 4 is 11.9 Å². The monoisotopic (exact) mass is 358 g/mol. The van der Waals surface area contributed by atoms with E-state index >= 15 is 0 Å². The third-order valence-corrected chi connectivity index (χ3v) is 3.74. The van der Waals surface area contributed by atoms with Crippen molar-refractivity contribution in [3.05, 3.63) is 29.6 Å². The first-order valence-corrected chi connectivity index (χ1v) is 7.51. The number of rotatable bonds is 4. The van der Waals surface area contributed by atoms with E-state index < -0.39 is 54.0 Å². The summed E-state index contributed by atoms with van der Waals surface area (Å²) in [4.78, 5) is 22.3. The average Bonchev–Trinajstić information content (AvgIpc) is 2.53. The summed E-state index contributed by atoms with van der Waals surface area (Å²) in [7, 11) is 0. The molecular formula is C16H19FO8. The number of carbonyl (C=O) groups excluding carboxylic acids is 2. The molecule has 0 aromatic heterocycles. The molecule has 1 heterocycles. The Morgan fingerprint density at radius 2 is 1.88 bits per heavy atom. The van der Waals surface area contributed by atoms with E-state index in [1.807, 2.05) is 0 Å². The zero-order valence-corrected chi connectivity index (χ0v) is 13.6. The second kappa shape index (κ2) is 7.77. The van der Waals surface area contributed by atoms with Crippen LogP contribution in [-0.2, 0) is 23.8 Å². The number of aliphatic hydroxyl groups excluding tert-OH is 2. The lowest BCUT2D eigenvalue weighted by Gasteiger charge is -2.42. The number of benzene rings is 1. The SMILES string of the molecule is CC(=O)OC[C@H]1O[C@H](c2ccc(F)c(O)c2)[C@@H](O)[C@@H](O)[C@@H]1OC(C)=O. The quantitative estimate of drug-likeness (QED) is 0.652. The molecule has 138 valence electrons. The molecule has 0 aliphatic carbocycles. The molecule has 1 saturated heterocycles. The van der Waals surface area contributed by atoms with Crippen LogP contribution in [0, 0.1) is 5.82 Å². The fourth-order valence-electron chi connectivity index (χ4n) is 2.59. The van der Waals surface area contributed by atoms with Gasteiger partial charge in [0.15, 0.2) is 17.7 Å². The van der Waals surface area contributed by atoms with Gasteiger partial charge in [-0.25, -0.2) is 4.39 Å². The molecule has 0 saturated carbocycles. The molecular weight excluding hydrogens is 339 g/mol. The molecule has 1 aromatic rings. The van der Waals surface area contributed by atoms with Gasteiger partial charge in [-0.1, -0.05) is 6.07 Å². The first kappa shape index (κ1) is 19.1. The molecule has 5 atom stereocenters. The maximum atomic E-state index is 13.2. The van der Waals surface area contributed by atoms with Crippen molar-refractivity contribution in [1.29, 1.82) is 0 Å². The minimum Gasteiger partial charge on any atom is -0.505 e. The fraction of sp³-hybridized carbons (Fsp3) is 0.500. The van der Waals surface area contributed by atoms with Crippen molar-refractivity contribution in [2.24, 2.45) is 0 Å². The largest absolute Gasteiger partial charge is 0.505 e.